The molecule has 1 aliphatic rings. The second-order valence-corrected chi connectivity index (χ2v) is 7.14. The van der Waals surface area contributed by atoms with Crippen LogP contribution in [-0.2, 0) is 16.1 Å². The molecule has 4 rings (SSSR count). The Balaban J connectivity index is 1.59. The van der Waals surface area contributed by atoms with Crippen molar-refractivity contribution in [3.63, 3.8) is 0 Å². The molecule has 6 heteroatoms. The summed E-state index contributed by atoms with van der Waals surface area (Å²) in [5, 5.41) is 0. The molecule has 2 heterocycles. The van der Waals surface area contributed by atoms with Crippen LogP contribution in [0.1, 0.15) is 32.0 Å². The maximum Gasteiger partial charge on any atom is 0.227 e. The van der Waals surface area contributed by atoms with Gasteiger partial charge in [0.05, 0.1) is 24.2 Å². The first-order valence-corrected chi connectivity index (χ1v) is 10.3. The number of carbonyl (C=O) groups excluding carboxylic acids is 1. The third-order valence-corrected chi connectivity index (χ3v) is 5.30. The van der Waals surface area contributed by atoms with Crippen LogP contribution < -0.4 is 9.64 Å². The molecule has 152 valence electrons. The monoisotopic (exact) mass is 393 g/mol. The summed E-state index contributed by atoms with van der Waals surface area (Å²) >= 11 is 0. The van der Waals surface area contributed by atoms with E-state index in [0.717, 1.165) is 34.8 Å². The molecule has 6 nitrogen and oxygen atoms in total. The molecule has 3 aromatic rings. The zero-order valence-electron chi connectivity index (χ0n) is 17.0. The zero-order valence-corrected chi connectivity index (χ0v) is 17.0. The van der Waals surface area contributed by atoms with Gasteiger partial charge in [-0.05, 0) is 50.2 Å². The largest absolute Gasteiger partial charge is 0.494 e. The average Bonchev–Trinajstić information content (AvgIpc) is 3.30. The van der Waals surface area contributed by atoms with Crippen molar-refractivity contribution in [3.8, 4) is 5.75 Å². The van der Waals surface area contributed by atoms with Gasteiger partial charge in [0.2, 0.25) is 5.91 Å². The summed E-state index contributed by atoms with van der Waals surface area (Å²) in [6.07, 6.45) is 0.463. The number of rotatable bonds is 8. The quantitative estimate of drug-likeness (QED) is 0.543. The van der Waals surface area contributed by atoms with Crippen LogP contribution in [0.15, 0.2) is 48.5 Å². The highest BCUT2D eigenvalue weighted by molar-refractivity contribution is 5.96. The third kappa shape index (κ3) is 3.98. The molecule has 0 N–H and O–H groups in total. The fourth-order valence-corrected chi connectivity index (χ4v) is 3.96. The van der Waals surface area contributed by atoms with Gasteiger partial charge in [-0.25, -0.2) is 4.98 Å². The van der Waals surface area contributed by atoms with E-state index in [4.69, 9.17) is 14.5 Å². The Morgan fingerprint density at radius 3 is 2.62 bits per heavy atom. The standard InChI is InChI=1S/C23H27N3O3/c1-3-28-14-13-25-21-8-6-5-7-20(21)24-23(25)17-15-22(27)26(16-17)18-9-11-19(12-10-18)29-4-2/h5-12,17H,3-4,13-16H2,1-2H3. The summed E-state index contributed by atoms with van der Waals surface area (Å²) in [5.41, 5.74) is 2.96. The van der Waals surface area contributed by atoms with Crippen LogP contribution >= 0.6 is 0 Å². The number of para-hydroxylation sites is 2. The molecule has 0 radical (unpaired) electrons. The van der Waals surface area contributed by atoms with E-state index in [1.807, 2.05) is 61.2 Å². The fraction of sp³-hybridized carbons (Fsp3) is 0.391. The number of benzene rings is 2. The minimum absolute atomic E-state index is 0.0584. The molecule has 2 aromatic carbocycles. The van der Waals surface area contributed by atoms with Crippen LogP contribution in [0.25, 0.3) is 11.0 Å². The maximum absolute atomic E-state index is 12.8. The summed E-state index contributed by atoms with van der Waals surface area (Å²) in [5.74, 6) is 1.97. The highest BCUT2D eigenvalue weighted by Gasteiger charge is 2.34. The highest BCUT2D eigenvalue weighted by Crippen LogP contribution is 2.33. The minimum Gasteiger partial charge on any atom is -0.494 e. The van der Waals surface area contributed by atoms with E-state index in [-0.39, 0.29) is 11.8 Å². The van der Waals surface area contributed by atoms with E-state index in [2.05, 4.69) is 10.6 Å². The van der Waals surface area contributed by atoms with Gasteiger partial charge in [-0.1, -0.05) is 12.1 Å². The van der Waals surface area contributed by atoms with Crippen molar-refractivity contribution in [2.24, 2.45) is 0 Å². The normalized spacial score (nSPS) is 16.7. The predicted octanol–water partition coefficient (Wildman–Crippen LogP) is 3.99. The Morgan fingerprint density at radius 1 is 1.07 bits per heavy atom. The van der Waals surface area contributed by atoms with Crippen LogP contribution in [0.4, 0.5) is 5.69 Å². The van der Waals surface area contributed by atoms with Crippen molar-refractivity contribution in [2.75, 3.05) is 31.3 Å². The first kappa shape index (κ1) is 19.5. The Morgan fingerprint density at radius 2 is 1.86 bits per heavy atom. The molecule has 0 saturated carbocycles. The zero-order chi connectivity index (χ0) is 20.2. The van der Waals surface area contributed by atoms with Crippen LogP contribution in [-0.4, -0.2) is 41.8 Å². The SMILES string of the molecule is CCOCCn1c(C2CC(=O)N(c3ccc(OCC)cc3)C2)nc2ccccc21. The molecule has 1 aliphatic heterocycles. The predicted molar refractivity (Wildman–Crippen MR) is 114 cm³/mol. The molecule has 29 heavy (non-hydrogen) atoms. The van der Waals surface area contributed by atoms with E-state index in [9.17, 15) is 4.79 Å². The number of anilines is 1. The molecule has 0 bridgehead atoms. The number of aromatic nitrogens is 2. The molecule has 1 saturated heterocycles. The van der Waals surface area contributed by atoms with E-state index < -0.39 is 0 Å². The summed E-state index contributed by atoms with van der Waals surface area (Å²) in [6, 6.07) is 15.9. The van der Waals surface area contributed by atoms with Crippen molar-refractivity contribution in [2.45, 2.75) is 32.7 Å². The molecular weight excluding hydrogens is 366 g/mol. The number of ether oxygens (including phenoxy) is 2. The minimum atomic E-state index is 0.0584. The van der Waals surface area contributed by atoms with Crippen LogP contribution in [0.3, 0.4) is 0 Å². The van der Waals surface area contributed by atoms with Crippen LogP contribution in [0.2, 0.25) is 0 Å². The van der Waals surface area contributed by atoms with Gasteiger partial charge in [0.15, 0.2) is 0 Å². The molecule has 1 amide bonds. The number of hydrogen-bond acceptors (Lipinski definition) is 4. The molecule has 0 aliphatic carbocycles. The van der Waals surface area contributed by atoms with Crippen LogP contribution in [0.5, 0.6) is 5.75 Å². The van der Waals surface area contributed by atoms with E-state index in [1.54, 1.807) is 0 Å². The van der Waals surface area contributed by atoms with Gasteiger partial charge >= 0.3 is 0 Å². The van der Waals surface area contributed by atoms with Crippen LogP contribution in [0, 0.1) is 0 Å². The van der Waals surface area contributed by atoms with Gasteiger partial charge in [0.1, 0.15) is 11.6 Å². The number of carbonyl (C=O) groups is 1. The smallest absolute Gasteiger partial charge is 0.227 e. The number of fused-ring (bicyclic) bond motifs is 1. The maximum atomic E-state index is 12.8. The lowest BCUT2D eigenvalue weighted by molar-refractivity contribution is -0.117. The number of nitrogens with zero attached hydrogens (tertiary/aromatic N) is 3. The van der Waals surface area contributed by atoms with Crippen molar-refractivity contribution < 1.29 is 14.3 Å². The van der Waals surface area contributed by atoms with E-state index >= 15 is 0 Å². The topological polar surface area (TPSA) is 56.6 Å². The highest BCUT2D eigenvalue weighted by atomic mass is 16.5. The summed E-state index contributed by atoms with van der Waals surface area (Å²) in [6.45, 7) is 7.27. The van der Waals surface area contributed by atoms with E-state index in [1.165, 1.54) is 0 Å². The lowest BCUT2D eigenvalue weighted by atomic mass is 10.1. The third-order valence-electron chi connectivity index (χ3n) is 5.30. The molecular formula is C23H27N3O3. The first-order valence-electron chi connectivity index (χ1n) is 10.3. The second kappa shape index (κ2) is 8.66. The van der Waals surface area contributed by atoms with Gasteiger partial charge in [0, 0.05) is 37.7 Å². The van der Waals surface area contributed by atoms with Gasteiger partial charge in [0.25, 0.3) is 0 Å². The van der Waals surface area contributed by atoms with Crippen molar-refractivity contribution in [3.05, 3.63) is 54.4 Å². The molecule has 1 unspecified atom stereocenters. The first-order chi connectivity index (χ1) is 14.2. The van der Waals surface area contributed by atoms with Gasteiger partial charge < -0.3 is 18.9 Å². The molecule has 1 atom stereocenters. The number of amides is 1. The van der Waals surface area contributed by atoms with Crippen molar-refractivity contribution in [1.29, 1.82) is 0 Å². The van der Waals surface area contributed by atoms with Gasteiger partial charge in [-0.15, -0.1) is 0 Å². The van der Waals surface area contributed by atoms with Gasteiger partial charge in [-0.2, -0.15) is 0 Å². The lowest BCUT2D eigenvalue weighted by Gasteiger charge is -2.18. The summed E-state index contributed by atoms with van der Waals surface area (Å²) < 4.78 is 13.3. The van der Waals surface area contributed by atoms with Crippen molar-refractivity contribution >= 4 is 22.6 Å². The molecule has 0 spiro atoms. The number of imidazole rings is 1. The fourth-order valence-electron chi connectivity index (χ4n) is 3.96. The molecule has 1 fully saturated rings. The van der Waals surface area contributed by atoms with E-state index in [0.29, 0.717) is 32.8 Å². The Kier molecular flexibility index (Phi) is 5.81. The molecule has 1 aromatic heterocycles. The van der Waals surface area contributed by atoms with Crippen molar-refractivity contribution in [1.82, 2.24) is 9.55 Å². The average molecular weight is 393 g/mol. The number of hydrogen-bond donors (Lipinski definition) is 0. The second-order valence-electron chi connectivity index (χ2n) is 7.14. The Bertz CT molecular complexity index is 981. The summed E-state index contributed by atoms with van der Waals surface area (Å²) in [7, 11) is 0. The van der Waals surface area contributed by atoms with Gasteiger partial charge in [-0.3, -0.25) is 4.79 Å². The Labute approximate surface area is 171 Å². The summed E-state index contributed by atoms with van der Waals surface area (Å²) in [4.78, 5) is 19.5. The lowest BCUT2D eigenvalue weighted by Crippen LogP contribution is -2.24. The Hall–Kier alpha value is -2.86.